The van der Waals surface area contributed by atoms with E-state index in [-0.39, 0.29) is 4.88 Å². The highest BCUT2D eigenvalue weighted by Crippen LogP contribution is 2.37. The Labute approximate surface area is 77.2 Å². The van der Waals surface area contributed by atoms with Crippen LogP contribution >= 0.6 is 22.9 Å². The van der Waals surface area contributed by atoms with Gasteiger partial charge in [-0.3, -0.25) is 0 Å². The van der Waals surface area contributed by atoms with Gasteiger partial charge in [0.05, 0.1) is 15.3 Å². The first-order valence-corrected chi connectivity index (χ1v) is 4.26. The second kappa shape index (κ2) is 3.38. The van der Waals surface area contributed by atoms with Crippen molar-refractivity contribution in [2.75, 3.05) is 0 Å². The van der Waals surface area contributed by atoms with Crippen molar-refractivity contribution in [3.05, 3.63) is 21.3 Å². The molecular formula is C7H4ClF2NS. The fourth-order valence-electron chi connectivity index (χ4n) is 0.697. The fraction of sp³-hybridized carbons (Fsp3) is 0.286. The number of rotatable bonds is 2. The number of halogens is 3. The highest BCUT2D eigenvalue weighted by Gasteiger charge is 2.32. The largest absolute Gasteiger partial charge is 0.295 e. The molecular weight excluding hydrogens is 204 g/mol. The Morgan fingerprint density at radius 1 is 1.58 bits per heavy atom. The van der Waals surface area contributed by atoms with Gasteiger partial charge in [0.25, 0.3) is 5.92 Å². The van der Waals surface area contributed by atoms with Gasteiger partial charge in [-0.2, -0.15) is 14.0 Å². The summed E-state index contributed by atoms with van der Waals surface area (Å²) in [6, 6.07) is 4.07. The predicted molar refractivity (Wildman–Crippen MR) is 43.5 cm³/mol. The summed E-state index contributed by atoms with van der Waals surface area (Å²) < 4.78 is 26.1. The van der Waals surface area contributed by atoms with Crippen LogP contribution < -0.4 is 0 Å². The van der Waals surface area contributed by atoms with Crippen LogP contribution in [0.4, 0.5) is 8.78 Å². The molecule has 1 nitrogen and oxygen atoms in total. The molecule has 0 atom stereocenters. The van der Waals surface area contributed by atoms with E-state index < -0.39 is 12.3 Å². The topological polar surface area (TPSA) is 23.8 Å². The normalized spacial score (nSPS) is 11.2. The minimum absolute atomic E-state index is 0.158. The lowest BCUT2D eigenvalue weighted by Crippen LogP contribution is -2.09. The van der Waals surface area contributed by atoms with Gasteiger partial charge >= 0.3 is 0 Å². The molecule has 0 aliphatic carbocycles. The number of nitriles is 1. The molecule has 1 heterocycles. The van der Waals surface area contributed by atoms with Gasteiger partial charge in [-0.25, -0.2) is 0 Å². The van der Waals surface area contributed by atoms with E-state index in [9.17, 15) is 8.78 Å². The lowest BCUT2D eigenvalue weighted by molar-refractivity contribution is 0.00490. The molecule has 0 unspecified atom stereocenters. The van der Waals surface area contributed by atoms with Crippen LogP contribution in [-0.4, -0.2) is 0 Å². The first-order valence-electron chi connectivity index (χ1n) is 3.07. The van der Waals surface area contributed by atoms with Crippen molar-refractivity contribution < 1.29 is 8.78 Å². The third kappa shape index (κ3) is 1.93. The molecule has 0 spiro atoms. The summed E-state index contributed by atoms with van der Waals surface area (Å²) in [5.41, 5.74) is 0. The van der Waals surface area contributed by atoms with E-state index in [0.29, 0.717) is 4.34 Å². The molecule has 1 aromatic rings. The molecule has 0 saturated carbocycles. The van der Waals surface area contributed by atoms with Crippen LogP contribution in [0.15, 0.2) is 12.1 Å². The van der Waals surface area contributed by atoms with Crippen LogP contribution in [0.3, 0.4) is 0 Å². The Morgan fingerprint density at radius 2 is 2.25 bits per heavy atom. The summed E-state index contributed by atoms with van der Waals surface area (Å²) in [5, 5.41) is 8.11. The van der Waals surface area contributed by atoms with Crippen molar-refractivity contribution in [3.63, 3.8) is 0 Å². The van der Waals surface area contributed by atoms with Gasteiger partial charge in [-0.15, -0.1) is 11.3 Å². The number of nitrogens with zero attached hydrogens (tertiary/aromatic N) is 1. The molecule has 0 amide bonds. The van der Waals surface area contributed by atoms with Crippen molar-refractivity contribution in [3.8, 4) is 6.07 Å². The number of hydrogen-bond donors (Lipinski definition) is 0. The zero-order chi connectivity index (χ0) is 9.19. The zero-order valence-corrected chi connectivity index (χ0v) is 7.42. The van der Waals surface area contributed by atoms with Crippen LogP contribution in [0.25, 0.3) is 0 Å². The molecule has 0 aliphatic heterocycles. The summed E-state index contributed by atoms with van der Waals surface area (Å²) in [6.45, 7) is 0. The van der Waals surface area contributed by atoms with Crippen molar-refractivity contribution in [1.82, 2.24) is 0 Å². The third-order valence-corrected chi connectivity index (χ3v) is 2.58. The van der Waals surface area contributed by atoms with Crippen molar-refractivity contribution >= 4 is 22.9 Å². The molecule has 12 heavy (non-hydrogen) atoms. The van der Waals surface area contributed by atoms with Crippen molar-refractivity contribution in [1.29, 1.82) is 5.26 Å². The van der Waals surface area contributed by atoms with E-state index in [1.807, 2.05) is 0 Å². The maximum absolute atomic E-state index is 12.9. The Bertz CT molecular complexity index is 315. The van der Waals surface area contributed by atoms with E-state index in [1.165, 1.54) is 18.2 Å². The zero-order valence-electron chi connectivity index (χ0n) is 5.85. The second-order valence-corrected chi connectivity index (χ2v) is 3.86. The average Bonchev–Trinajstić information content (AvgIpc) is 2.36. The third-order valence-electron chi connectivity index (χ3n) is 1.23. The molecule has 0 bridgehead atoms. The SMILES string of the molecule is N#CCC(F)(F)c1ccc(Cl)s1. The van der Waals surface area contributed by atoms with Gasteiger partial charge in [0.15, 0.2) is 0 Å². The summed E-state index contributed by atoms with van der Waals surface area (Å²) in [7, 11) is 0. The Balaban J connectivity index is 2.90. The maximum atomic E-state index is 12.9. The van der Waals surface area contributed by atoms with E-state index in [0.717, 1.165) is 11.3 Å². The molecule has 0 radical (unpaired) electrons. The summed E-state index contributed by atoms with van der Waals surface area (Å²) in [4.78, 5) is -0.158. The monoisotopic (exact) mass is 207 g/mol. The van der Waals surface area contributed by atoms with E-state index in [1.54, 1.807) is 0 Å². The van der Waals surface area contributed by atoms with Crippen LogP contribution in [0.1, 0.15) is 11.3 Å². The molecule has 5 heteroatoms. The Morgan fingerprint density at radius 3 is 2.67 bits per heavy atom. The lowest BCUT2D eigenvalue weighted by Gasteiger charge is -2.08. The standard InChI is InChI=1S/C7H4ClF2NS/c8-6-2-1-5(12-6)7(9,10)3-4-11/h1-2H,3H2. The van der Waals surface area contributed by atoms with Crippen LogP contribution in [0.5, 0.6) is 0 Å². The molecule has 64 valence electrons. The highest BCUT2D eigenvalue weighted by atomic mass is 35.5. The van der Waals surface area contributed by atoms with Crippen molar-refractivity contribution in [2.45, 2.75) is 12.3 Å². The molecule has 1 rings (SSSR count). The first-order chi connectivity index (χ1) is 5.56. The quantitative estimate of drug-likeness (QED) is 0.729. The van der Waals surface area contributed by atoms with Crippen LogP contribution in [-0.2, 0) is 5.92 Å². The molecule has 0 aromatic carbocycles. The lowest BCUT2D eigenvalue weighted by atomic mass is 10.2. The maximum Gasteiger partial charge on any atom is 0.295 e. The fourth-order valence-corrected chi connectivity index (χ4v) is 1.71. The van der Waals surface area contributed by atoms with Gasteiger partial charge < -0.3 is 0 Å². The number of thiophene rings is 1. The Hall–Kier alpha value is -0.660. The molecule has 0 aliphatic rings. The molecule has 0 fully saturated rings. The van der Waals surface area contributed by atoms with Crippen LogP contribution in [0, 0.1) is 11.3 Å². The van der Waals surface area contributed by atoms with E-state index in [2.05, 4.69) is 0 Å². The first kappa shape index (κ1) is 9.43. The number of alkyl halides is 2. The number of hydrogen-bond acceptors (Lipinski definition) is 2. The minimum atomic E-state index is -3.06. The summed E-state index contributed by atoms with van der Waals surface area (Å²) in [5.74, 6) is -3.06. The summed E-state index contributed by atoms with van der Waals surface area (Å²) in [6.07, 6.45) is -0.802. The van der Waals surface area contributed by atoms with Gasteiger partial charge in [-0.1, -0.05) is 11.6 Å². The second-order valence-electron chi connectivity index (χ2n) is 2.14. The van der Waals surface area contributed by atoms with Gasteiger partial charge in [0, 0.05) is 0 Å². The van der Waals surface area contributed by atoms with Crippen molar-refractivity contribution in [2.24, 2.45) is 0 Å². The smallest absolute Gasteiger partial charge is 0.199 e. The van der Waals surface area contributed by atoms with Gasteiger partial charge in [0.1, 0.15) is 6.42 Å². The van der Waals surface area contributed by atoms with Gasteiger partial charge in [-0.05, 0) is 12.1 Å². The Kier molecular flexibility index (Phi) is 2.65. The molecule has 1 aromatic heterocycles. The average molecular weight is 208 g/mol. The minimum Gasteiger partial charge on any atom is -0.199 e. The highest BCUT2D eigenvalue weighted by molar-refractivity contribution is 7.16. The van der Waals surface area contributed by atoms with E-state index >= 15 is 0 Å². The molecule has 0 saturated heterocycles. The summed E-state index contributed by atoms with van der Waals surface area (Å²) >= 11 is 6.27. The molecule has 0 N–H and O–H groups in total. The van der Waals surface area contributed by atoms with E-state index in [4.69, 9.17) is 16.9 Å². The predicted octanol–water partition coefficient (Wildman–Crippen LogP) is 3.41. The van der Waals surface area contributed by atoms with Crippen LogP contribution in [0.2, 0.25) is 4.34 Å². The van der Waals surface area contributed by atoms with Gasteiger partial charge in [0.2, 0.25) is 0 Å².